The molecule has 7 rings (SSSR count). The van der Waals surface area contributed by atoms with Crippen LogP contribution in [0.2, 0.25) is 0 Å². The monoisotopic (exact) mass is 575 g/mol. The van der Waals surface area contributed by atoms with Crippen LogP contribution in [0.4, 0.5) is 9.18 Å². The number of aromatic nitrogens is 3. The van der Waals surface area contributed by atoms with Crippen molar-refractivity contribution < 1.29 is 28.6 Å². The minimum atomic E-state index is -1.31. The van der Waals surface area contributed by atoms with E-state index in [1.54, 1.807) is 0 Å². The van der Waals surface area contributed by atoms with Crippen LogP contribution >= 0.6 is 0 Å². The largest absolute Gasteiger partial charge is 0.491 e. The molecular weight excluding hydrogens is 541 g/mol. The van der Waals surface area contributed by atoms with Gasteiger partial charge in [-0.15, -0.1) is 0 Å². The van der Waals surface area contributed by atoms with Gasteiger partial charge in [0.2, 0.25) is 0 Å². The number of imidazole rings is 1. The number of carboxylic acid groups (broad SMARTS) is 1. The summed E-state index contributed by atoms with van der Waals surface area (Å²) < 4.78 is 29.5. The van der Waals surface area contributed by atoms with Gasteiger partial charge in [0.1, 0.15) is 12.4 Å². The van der Waals surface area contributed by atoms with Gasteiger partial charge in [0.25, 0.3) is 5.91 Å². The highest BCUT2D eigenvalue weighted by molar-refractivity contribution is 6.01. The quantitative estimate of drug-likeness (QED) is 0.293. The van der Waals surface area contributed by atoms with Crippen LogP contribution in [0.25, 0.3) is 33.5 Å². The normalized spacial score (nSPS) is 17.9. The molecule has 3 aliphatic rings. The third-order valence-electron chi connectivity index (χ3n) is 8.66. The molecular formula is C31H34FN5O5. The standard InChI is InChI=1S/C31H34FN5O5/c1-35-25-9-20-7-8-36(14-22(12-32)33-31(39)40)30(38)23(20)11-24(25)34-29(35)26-10-21-3-2-4-27(42-17-19-15-41-16-19)28(21)37(26)13-18-5-6-18/h2-4,9-11,18-19,22,33H,5-8,12-17H2,1H3,(H,39,40). The topological polar surface area (TPSA) is 111 Å². The summed E-state index contributed by atoms with van der Waals surface area (Å²) >= 11 is 0. The minimum Gasteiger partial charge on any atom is -0.491 e. The van der Waals surface area contributed by atoms with Gasteiger partial charge in [-0.05, 0) is 55.0 Å². The maximum absolute atomic E-state index is 13.4. The highest BCUT2D eigenvalue weighted by Gasteiger charge is 2.30. The molecule has 10 nitrogen and oxygen atoms in total. The number of fused-ring (bicyclic) bond motifs is 3. The number of benzene rings is 2. The van der Waals surface area contributed by atoms with Crippen molar-refractivity contribution in [2.75, 3.05) is 39.6 Å². The van der Waals surface area contributed by atoms with E-state index in [-0.39, 0.29) is 12.5 Å². The maximum atomic E-state index is 13.4. The first kappa shape index (κ1) is 26.8. The average Bonchev–Trinajstić information content (AvgIpc) is 3.62. The van der Waals surface area contributed by atoms with Crippen molar-refractivity contribution in [3.8, 4) is 17.3 Å². The van der Waals surface area contributed by atoms with Crippen molar-refractivity contribution >= 4 is 33.9 Å². The molecule has 2 amide bonds. The van der Waals surface area contributed by atoms with E-state index in [1.165, 1.54) is 17.7 Å². The SMILES string of the molecule is Cn1c(-c2cc3cccc(OCC4COC4)c3n2CC2CC2)nc2cc3c(cc21)CCN(CC(CF)NC(=O)O)C3=O. The van der Waals surface area contributed by atoms with Gasteiger partial charge in [0, 0.05) is 43.5 Å². The Morgan fingerprint density at radius 1 is 1.24 bits per heavy atom. The van der Waals surface area contributed by atoms with Gasteiger partial charge in [-0.1, -0.05) is 12.1 Å². The highest BCUT2D eigenvalue weighted by atomic mass is 19.1. The Morgan fingerprint density at radius 2 is 2.07 bits per heavy atom. The van der Waals surface area contributed by atoms with Crippen LogP contribution in [0.3, 0.4) is 0 Å². The van der Waals surface area contributed by atoms with Crippen LogP contribution in [0.1, 0.15) is 28.8 Å². The fourth-order valence-electron chi connectivity index (χ4n) is 6.12. The molecule has 0 bridgehead atoms. The zero-order valence-electron chi connectivity index (χ0n) is 23.5. The lowest BCUT2D eigenvalue weighted by atomic mass is 9.97. The van der Waals surface area contributed by atoms with Crippen LogP contribution in [-0.2, 0) is 24.8 Å². The Balaban J connectivity index is 1.25. The Bertz CT molecular complexity index is 1690. The lowest BCUT2D eigenvalue weighted by Gasteiger charge is -2.31. The van der Waals surface area contributed by atoms with E-state index in [0.717, 1.165) is 59.0 Å². The first-order chi connectivity index (χ1) is 20.4. The van der Waals surface area contributed by atoms with E-state index in [4.69, 9.17) is 19.6 Å². The van der Waals surface area contributed by atoms with Gasteiger partial charge in [-0.25, -0.2) is 14.2 Å². The van der Waals surface area contributed by atoms with Gasteiger partial charge in [-0.2, -0.15) is 0 Å². The molecule has 2 aromatic heterocycles. The minimum absolute atomic E-state index is 0.0218. The smallest absolute Gasteiger partial charge is 0.405 e. The summed E-state index contributed by atoms with van der Waals surface area (Å²) in [5.41, 5.74) is 5.17. The third-order valence-corrected chi connectivity index (χ3v) is 8.66. The Morgan fingerprint density at radius 3 is 2.79 bits per heavy atom. The molecule has 1 saturated carbocycles. The van der Waals surface area contributed by atoms with E-state index < -0.39 is 18.8 Å². The van der Waals surface area contributed by atoms with Crippen LogP contribution in [-0.4, -0.2) is 81.8 Å². The van der Waals surface area contributed by atoms with Gasteiger partial charge in [-0.3, -0.25) is 4.79 Å². The second-order valence-electron chi connectivity index (χ2n) is 11.8. The Hall–Kier alpha value is -4.12. The fourth-order valence-corrected chi connectivity index (χ4v) is 6.12. The molecule has 42 heavy (non-hydrogen) atoms. The summed E-state index contributed by atoms with van der Waals surface area (Å²) in [5, 5.41) is 12.2. The predicted molar refractivity (Wildman–Crippen MR) is 155 cm³/mol. The number of para-hydroxylation sites is 1. The van der Waals surface area contributed by atoms with Crippen molar-refractivity contribution in [1.29, 1.82) is 0 Å². The van der Waals surface area contributed by atoms with Crippen LogP contribution < -0.4 is 10.1 Å². The number of hydrogen-bond donors (Lipinski definition) is 2. The number of alkyl halides is 1. The number of carbonyl (C=O) groups is 2. The number of aryl methyl sites for hydroxylation is 1. The van der Waals surface area contributed by atoms with Crippen molar-refractivity contribution in [3.05, 3.63) is 47.5 Å². The molecule has 220 valence electrons. The molecule has 0 spiro atoms. The average molecular weight is 576 g/mol. The van der Waals surface area contributed by atoms with Gasteiger partial charge < -0.3 is 33.9 Å². The van der Waals surface area contributed by atoms with Crippen LogP contribution in [0.15, 0.2) is 36.4 Å². The van der Waals surface area contributed by atoms with Crippen LogP contribution in [0, 0.1) is 11.8 Å². The molecule has 2 fully saturated rings. The maximum Gasteiger partial charge on any atom is 0.405 e. The lowest BCUT2D eigenvalue weighted by molar-refractivity contribution is -0.0506. The van der Waals surface area contributed by atoms with Crippen molar-refractivity contribution in [1.82, 2.24) is 24.3 Å². The van der Waals surface area contributed by atoms with Gasteiger partial charge >= 0.3 is 6.09 Å². The number of ether oxygens (including phenoxy) is 2. The Kier molecular flexibility index (Phi) is 6.76. The second kappa shape index (κ2) is 10.6. The van der Waals surface area contributed by atoms with Gasteiger partial charge in [0.05, 0.1) is 48.1 Å². The summed E-state index contributed by atoms with van der Waals surface area (Å²) in [6.45, 7) is 2.48. The number of rotatable bonds is 10. The van der Waals surface area contributed by atoms with E-state index in [2.05, 4.69) is 26.6 Å². The van der Waals surface area contributed by atoms with E-state index >= 15 is 0 Å². The first-order valence-electron chi connectivity index (χ1n) is 14.6. The first-order valence-corrected chi connectivity index (χ1v) is 14.6. The Labute approximate surface area is 242 Å². The molecule has 11 heteroatoms. The molecule has 1 saturated heterocycles. The number of amides is 2. The summed E-state index contributed by atoms with van der Waals surface area (Å²) in [5.74, 6) is 2.50. The molecule has 4 heterocycles. The van der Waals surface area contributed by atoms with E-state index in [9.17, 15) is 14.0 Å². The molecule has 2 aromatic carbocycles. The van der Waals surface area contributed by atoms with Gasteiger partial charge in [0.15, 0.2) is 5.82 Å². The molecule has 1 aliphatic carbocycles. The van der Waals surface area contributed by atoms with E-state index in [1.807, 2.05) is 31.3 Å². The van der Waals surface area contributed by atoms with Crippen molar-refractivity contribution in [2.24, 2.45) is 18.9 Å². The van der Waals surface area contributed by atoms with Crippen molar-refractivity contribution in [2.45, 2.75) is 31.8 Å². The summed E-state index contributed by atoms with van der Waals surface area (Å²) in [7, 11) is 2.00. The molecule has 2 N–H and O–H groups in total. The zero-order chi connectivity index (χ0) is 29.0. The van der Waals surface area contributed by atoms with Crippen LogP contribution in [0.5, 0.6) is 5.75 Å². The summed E-state index contributed by atoms with van der Waals surface area (Å²) in [4.78, 5) is 31.0. The fraction of sp³-hybridized carbons (Fsp3) is 0.452. The number of carbonyl (C=O) groups excluding carboxylic acids is 1. The molecule has 2 aliphatic heterocycles. The molecule has 1 atom stereocenters. The lowest BCUT2D eigenvalue weighted by Crippen LogP contribution is -2.48. The predicted octanol–water partition coefficient (Wildman–Crippen LogP) is 4.23. The molecule has 1 unspecified atom stereocenters. The van der Waals surface area contributed by atoms with Crippen molar-refractivity contribution in [3.63, 3.8) is 0 Å². The highest BCUT2D eigenvalue weighted by Crippen LogP contribution is 2.39. The summed E-state index contributed by atoms with van der Waals surface area (Å²) in [6, 6.07) is 11.2. The zero-order valence-corrected chi connectivity index (χ0v) is 23.5. The number of hydrogen-bond acceptors (Lipinski definition) is 5. The summed E-state index contributed by atoms with van der Waals surface area (Å²) in [6.07, 6.45) is 1.70. The number of nitrogens with zero attached hydrogens (tertiary/aromatic N) is 4. The molecule has 4 aromatic rings. The third kappa shape index (κ3) is 4.85. The molecule has 0 radical (unpaired) electrons. The number of nitrogens with one attached hydrogen (secondary N) is 1. The number of halogens is 1. The van der Waals surface area contributed by atoms with E-state index in [0.29, 0.717) is 42.5 Å². The second-order valence-corrected chi connectivity index (χ2v) is 11.8.